The molecule has 2 saturated carbocycles. The summed E-state index contributed by atoms with van der Waals surface area (Å²) in [4.78, 5) is 0. The first-order chi connectivity index (χ1) is 5.86. The lowest BCUT2D eigenvalue weighted by Gasteiger charge is -2.36. The Hall–Kier alpha value is -0.0800. The maximum absolute atomic E-state index is 9.67. The van der Waals surface area contributed by atoms with E-state index in [9.17, 15) is 5.11 Å². The summed E-state index contributed by atoms with van der Waals surface area (Å²) in [7, 11) is 0. The van der Waals surface area contributed by atoms with Crippen molar-refractivity contribution in [3.05, 3.63) is 0 Å². The van der Waals surface area contributed by atoms with Gasteiger partial charge in [0.1, 0.15) is 0 Å². The predicted molar refractivity (Wildman–Crippen MR) is 49.0 cm³/mol. The number of nitrogens with one attached hydrogen (secondary N) is 1. The van der Waals surface area contributed by atoms with Crippen LogP contribution in [0.25, 0.3) is 0 Å². The van der Waals surface area contributed by atoms with Crippen molar-refractivity contribution in [2.75, 3.05) is 0 Å². The molecule has 2 aliphatic carbocycles. The van der Waals surface area contributed by atoms with Gasteiger partial charge in [-0.3, -0.25) is 0 Å². The third kappa shape index (κ3) is 1.80. The Bertz CT molecular complexity index is 145. The largest absolute Gasteiger partial charge is 0.392 e. The van der Waals surface area contributed by atoms with Crippen LogP contribution in [-0.2, 0) is 0 Å². The molecule has 2 rings (SSSR count). The maximum Gasteiger partial charge on any atom is 0.0693 e. The molecule has 0 aliphatic heterocycles. The van der Waals surface area contributed by atoms with Gasteiger partial charge in [0.2, 0.25) is 0 Å². The zero-order chi connectivity index (χ0) is 8.39. The minimum absolute atomic E-state index is 0.0700. The fourth-order valence-corrected chi connectivity index (χ4v) is 2.18. The SMILES string of the molecule is OC1CCCCC1NC1CCC1. The van der Waals surface area contributed by atoms with Crippen LogP contribution in [-0.4, -0.2) is 23.3 Å². The smallest absolute Gasteiger partial charge is 0.0693 e. The van der Waals surface area contributed by atoms with E-state index in [1.165, 1.54) is 38.5 Å². The molecule has 0 heterocycles. The Morgan fingerprint density at radius 1 is 0.917 bits per heavy atom. The average Bonchev–Trinajstić information content (AvgIpc) is 2.00. The highest BCUT2D eigenvalue weighted by Crippen LogP contribution is 2.23. The van der Waals surface area contributed by atoms with Gasteiger partial charge in [-0.15, -0.1) is 0 Å². The second-order valence-corrected chi connectivity index (χ2v) is 4.25. The van der Waals surface area contributed by atoms with Gasteiger partial charge in [-0.25, -0.2) is 0 Å². The summed E-state index contributed by atoms with van der Waals surface area (Å²) in [5.41, 5.74) is 0. The number of aliphatic hydroxyl groups is 1. The highest BCUT2D eigenvalue weighted by Gasteiger charge is 2.27. The molecule has 2 N–H and O–H groups in total. The molecule has 2 aliphatic rings. The van der Waals surface area contributed by atoms with Gasteiger partial charge in [-0.05, 0) is 25.7 Å². The Labute approximate surface area is 74.4 Å². The Morgan fingerprint density at radius 3 is 2.25 bits per heavy atom. The van der Waals surface area contributed by atoms with Crippen molar-refractivity contribution < 1.29 is 5.11 Å². The third-order valence-electron chi connectivity index (χ3n) is 3.28. The third-order valence-corrected chi connectivity index (χ3v) is 3.28. The van der Waals surface area contributed by atoms with E-state index in [2.05, 4.69) is 5.32 Å². The van der Waals surface area contributed by atoms with Crippen LogP contribution in [0.15, 0.2) is 0 Å². The summed E-state index contributed by atoms with van der Waals surface area (Å²) in [6, 6.07) is 1.13. The lowest BCUT2D eigenvalue weighted by molar-refractivity contribution is 0.0778. The van der Waals surface area contributed by atoms with E-state index in [0.717, 1.165) is 12.5 Å². The Balaban J connectivity index is 1.76. The van der Waals surface area contributed by atoms with Crippen molar-refractivity contribution in [3.63, 3.8) is 0 Å². The second kappa shape index (κ2) is 3.75. The van der Waals surface area contributed by atoms with E-state index in [1.54, 1.807) is 0 Å². The van der Waals surface area contributed by atoms with Crippen LogP contribution in [0.1, 0.15) is 44.9 Å². The summed E-state index contributed by atoms with van der Waals surface area (Å²) in [5.74, 6) is 0. The molecule has 12 heavy (non-hydrogen) atoms. The zero-order valence-electron chi connectivity index (χ0n) is 7.63. The minimum atomic E-state index is -0.0700. The van der Waals surface area contributed by atoms with Crippen molar-refractivity contribution in [2.45, 2.75) is 63.1 Å². The molecule has 0 saturated heterocycles. The van der Waals surface area contributed by atoms with Gasteiger partial charge in [-0.2, -0.15) is 0 Å². The lowest BCUT2D eigenvalue weighted by Crippen LogP contribution is -2.49. The predicted octanol–water partition coefficient (Wildman–Crippen LogP) is 1.43. The summed E-state index contributed by atoms with van der Waals surface area (Å²) in [5, 5.41) is 13.2. The normalized spacial score (nSPS) is 37.8. The molecule has 2 nitrogen and oxygen atoms in total. The van der Waals surface area contributed by atoms with Crippen LogP contribution in [0, 0.1) is 0 Å². The van der Waals surface area contributed by atoms with Gasteiger partial charge in [0.15, 0.2) is 0 Å². The quantitative estimate of drug-likeness (QED) is 0.655. The Kier molecular flexibility index (Phi) is 2.66. The van der Waals surface area contributed by atoms with Crippen LogP contribution in [0.4, 0.5) is 0 Å². The highest BCUT2D eigenvalue weighted by atomic mass is 16.3. The zero-order valence-corrected chi connectivity index (χ0v) is 7.63. The number of aliphatic hydroxyl groups excluding tert-OH is 1. The summed E-state index contributed by atoms with van der Waals surface area (Å²) < 4.78 is 0. The summed E-state index contributed by atoms with van der Waals surface area (Å²) in [6.07, 6.45) is 8.64. The molecule has 2 heteroatoms. The second-order valence-electron chi connectivity index (χ2n) is 4.25. The number of hydrogen-bond acceptors (Lipinski definition) is 2. The molecule has 2 atom stereocenters. The molecule has 0 aromatic heterocycles. The van der Waals surface area contributed by atoms with Gasteiger partial charge in [0.05, 0.1) is 6.10 Å². The summed E-state index contributed by atoms with van der Waals surface area (Å²) in [6.45, 7) is 0. The van der Waals surface area contributed by atoms with E-state index < -0.39 is 0 Å². The van der Waals surface area contributed by atoms with Crippen molar-refractivity contribution in [1.29, 1.82) is 0 Å². The standard InChI is InChI=1S/C10H19NO/c12-10-7-2-1-6-9(10)11-8-4-3-5-8/h8-12H,1-7H2. The van der Waals surface area contributed by atoms with Gasteiger partial charge < -0.3 is 10.4 Å². The van der Waals surface area contributed by atoms with E-state index in [1.807, 2.05) is 0 Å². The molecule has 0 spiro atoms. The van der Waals surface area contributed by atoms with E-state index >= 15 is 0 Å². The monoisotopic (exact) mass is 169 g/mol. The summed E-state index contributed by atoms with van der Waals surface area (Å²) >= 11 is 0. The van der Waals surface area contributed by atoms with Crippen LogP contribution < -0.4 is 5.32 Å². The fraction of sp³-hybridized carbons (Fsp3) is 1.00. The number of hydrogen-bond donors (Lipinski definition) is 2. The molecule has 0 aromatic rings. The lowest BCUT2D eigenvalue weighted by atomic mass is 9.88. The molecule has 2 unspecified atom stereocenters. The van der Waals surface area contributed by atoms with Crippen molar-refractivity contribution in [3.8, 4) is 0 Å². The minimum Gasteiger partial charge on any atom is -0.392 e. The molecule has 0 radical (unpaired) electrons. The van der Waals surface area contributed by atoms with Crippen molar-refractivity contribution in [2.24, 2.45) is 0 Å². The fourth-order valence-electron chi connectivity index (χ4n) is 2.18. The number of rotatable bonds is 2. The molecule has 70 valence electrons. The molecule has 0 aromatic carbocycles. The van der Waals surface area contributed by atoms with Gasteiger partial charge in [0, 0.05) is 12.1 Å². The topological polar surface area (TPSA) is 32.3 Å². The van der Waals surface area contributed by atoms with Gasteiger partial charge in [-0.1, -0.05) is 19.3 Å². The van der Waals surface area contributed by atoms with Crippen LogP contribution in [0.3, 0.4) is 0 Å². The van der Waals surface area contributed by atoms with Crippen LogP contribution in [0.2, 0.25) is 0 Å². The average molecular weight is 169 g/mol. The first kappa shape index (κ1) is 8.52. The van der Waals surface area contributed by atoms with Crippen molar-refractivity contribution in [1.82, 2.24) is 5.32 Å². The van der Waals surface area contributed by atoms with Crippen molar-refractivity contribution >= 4 is 0 Å². The van der Waals surface area contributed by atoms with Crippen LogP contribution in [0.5, 0.6) is 0 Å². The molecular formula is C10H19NO. The molecule has 0 amide bonds. The molecular weight excluding hydrogens is 150 g/mol. The van der Waals surface area contributed by atoms with Crippen LogP contribution >= 0.6 is 0 Å². The molecule has 2 fully saturated rings. The maximum atomic E-state index is 9.67. The first-order valence-electron chi connectivity index (χ1n) is 5.30. The highest BCUT2D eigenvalue weighted by molar-refractivity contribution is 4.86. The first-order valence-corrected chi connectivity index (χ1v) is 5.30. The van der Waals surface area contributed by atoms with E-state index in [-0.39, 0.29) is 6.10 Å². The van der Waals surface area contributed by atoms with E-state index in [4.69, 9.17) is 0 Å². The van der Waals surface area contributed by atoms with E-state index in [0.29, 0.717) is 6.04 Å². The molecule has 0 bridgehead atoms. The van der Waals surface area contributed by atoms with Gasteiger partial charge >= 0.3 is 0 Å². The van der Waals surface area contributed by atoms with Gasteiger partial charge in [0.25, 0.3) is 0 Å². The Morgan fingerprint density at radius 2 is 1.67 bits per heavy atom.